The third kappa shape index (κ3) is 4.11. The van der Waals surface area contributed by atoms with Gasteiger partial charge in [0.25, 0.3) is 0 Å². The van der Waals surface area contributed by atoms with Crippen molar-refractivity contribution in [3.8, 4) is 0 Å². The number of nitrogens with one attached hydrogen (secondary N) is 1. The highest BCUT2D eigenvalue weighted by molar-refractivity contribution is 7.89. The molecule has 0 amide bonds. The Balaban J connectivity index is 2.23. The summed E-state index contributed by atoms with van der Waals surface area (Å²) in [6, 6.07) is 10.2. The Kier molecular flexibility index (Phi) is 4.78. The number of sulfonamides is 1. The lowest BCUT2D eigenvalue weighted by molar-refractivity contribution is 0.597. The molecule has 21 heavy (non-hydrogen) atoms. The summed E-state index contributed by atoms with van der Waals surface area (Å²) in [7, 11) is -3.74. The summed E-state index contributed by atoms with van der Waals surface area (Å²) in [5, 5.41) is 9.47. The van der Waals surface area contributed by atoms with Crippen molar-refractivity contribution in [2.75, 3.05) is 5.32 Å². The summed E-state index contributed by atoms with van der Waals surface area (Å²) in [6.07, 6.45) is 0. The van der Waals surface area contributed by atoms with E-state index in [1.54, 1.807) is 37.3 Å². The molecule has 0 atom stereocenters. The van der Waals surface area contributed by atoms with Crippen LogP contribution in [-0.2, 0) is 16.6 Å². The average Bonchev–Trinajstić information content (AvgIpc) is 2.40. The van der Waals surface area contributed by atoms with Gasteiger partial charge in [-0.3, -0.25) is 0 Å². The van der Waals surface area contributed by atoms with E-state index in [9.17, 15) is 8.42 Å². The van der Waals surface area contributed by atoms with E-state index in [0.717, 1.165) is 5.56 Å². The maximum atomic E-state index is 11.5. The van der Waals surface area contributed by atoms with Crippen LogP contribution in [0.1, 0.15) is 11.1 Å². The SMILES string of the molecule is Cc1ccc(NCc2cc(Cl)ccc2Cl)cc1S(N)(=O)=O. The molecule has 0 radical (unpaired) electrons. The van der Waals surface area contributed by atoms with E-state index in [2.05, 4.69) is 5.32 Å². The number of hydrogen-bond donors (Lipinski definition) is 2. The van der Waals surface area contributed by atoms with Crippen LogP contribution < -0.4 is 10.5 Å². The summed E-state index contributed by atoms with van der Waals surface area (Å²) >= 11 is 12.0. The smallest absolute Gasteiger partial charge is 0.238 e. The summed E-state index contributed by atoms with van der Waals surface area (Å²) < 4.78 is 23.0. The van der Waals surface area contributed by atoms with Crippen LogP contribution in [0.4, 0.5) is 5.69 Å². The Morgan fingerprint density at radius 2 is 1.86 bits per heavy atom. The number of primary sulfonamides is 1. The number of hydrogen-bond acceptors (Lipinski definition) is 3. The number of nitrogens with two attached hydrogens (primary N) is 1. The maximum Gasteiger partial charge on any atom is 0.238 e. The van der Waals surface area contributed by atoms with Crippen molar-refractivity contribution >= 4 is 38.9 Å². The molecule has 0 aromatic heterocycles. The molecule has 0 saturated heterocycles. The second kappa shape index (κ2) is 6.23. The summed E-state index contributed by atoms with van der Waals surface area (Å²) in [4.78, 5) is 0.102. The quantitative estimate of drug-likeness (QED) is 0.890. The van der Waals surface area contributed by atoms with Crippen LogP contribution in [0.2, 0.25) is 10.0 Å². The molecule has 112 valence electrons. The van der Waals surface area contributed by atoms with E-state index in [-0.39, 0.29) is 4.90 Å². The van der Waals surface area contributed by atoms with Crippen molar-refractivity contribution in [2.45, 2.75) is 18.4 Å². The molecule has 2 aromatic rings. The molecule has 0 spiro atoms. The zero-order chi connectivity index (χ0) is 15.6. The zero-order valence-corrected chi connectivity index (χ0v) is 13.6. The van der Waals surface area contributed by atoms with Gasteiger partial charge in [0, 0.05) is 22.3 Å². The van der Waals surface area contributed by atoms with Gasteiger partial charge in [0.15, 0.2) is 0 Å². The first-order valence-electron chi connectivity index (χ1n) is 6.08. The molecular formula is C14H14Cl2N2O2S. The molecule has 0 heterocycles. The molecule has 3 N–H and O–H groups in total. The molecule has 0 aliphatic carbocycles. The van der Waals surface area contributed by atoms with E-state index < -0.39 is 10.0 Å². The van der Waals surface area contributed by atoms with Crippen LogP contribution in [0.25, 0.3) is 0 Å². The number of anilines is 1. The second-order valence-electron chi connectivity index (χ2n) is 4.61. The van der Waals surface area contributed by atoms with Gasteiger partial charge in [-0.2, -0.15) is 0 Å². The number of halogens is 2. The van der Waals surface area contributed by atoms with E-state index in [1.165, 1.54) is 6.07 Å². The first kappa shape index (κ1) is 16.1. The minimum absolute atomic E-state index is 0.102. The van der Waals surface area contributed by atoms with Gasteiger partial charge in [0.05, 0.1) is 4.90 Å². The Bertz CT molecular complexity index is 777. The molecule has 0 saturated carbocycles. The van der Waals surface area contributed by atoms with Crippen LogP contribution in [0, 0.1) is 6.92 Å². The Morgan fingerprint density at radius 3 is 2.52 bits per heavy atom. The largest absolute Gasteiger partial charge is 0.381 e. The van der Waals surface area contributed by atoms with Crippen LogP contribution >= 0.6 is 23.2 Å². The van der Waals surface area contributed by atoms with Crippen molar-refractivity contribution in [3.05, 3.63) is 57.6 Å². The number of aryl methyl sites for hydroxylation is 1. The van der Waals surface area contributed by atoms with Gasteiger partial charge in [-0.1, -0.05) is 29.3 Å². The monoisotopic (exact) mass is 344 g/mol. The Labute approximate surface area is 133 Å². The fourth-order valence-corrected chi connectivity index (χ4v) is 3.08. The lowest BCUT2D eigenvalue weighted by Crippen LogP contribution is -2.14. The summed E-state index contributed by atoms with van der Waals surface area (Å²) in [5.41, 5.74) is 2.06. The second-order valence-corrected chi connectivity index (χ2v) is 6.99. The summed E-state index contributed by atoms with van der Waals surface area (Å²) in [6.45, 7) is 2.11. The first-order chi connectivity index (χ1) is 9.77. The first-order valence-corrected chi connectivity index (χ1v) is 8.39. The molecule has 7 heteroatoms. The highest BCUT2D eigenvalue weighted by Crippen LogP contribution is 2.23. The van der Waals surface area contributed by atoms with Gasteiger partial charge in [0.1, 0.15) is 0 Å². The van der Waals surface area contributed by atoms with E-state index >= 15 is 0 Å². The minimum Gasteiger partial charge on any atom is -0.381 e. The van der Waals surface area contributed by atoms with Crippen LogP contribution in [0.5, 0.6) is 0 Å². The minimum atomic E-state index is -3.74. The van der Waals surface area contributed by atoms with Gasteiger partial charge in [-0.25, -0.2) is 13.6 Å². The predicted molar refractivity (Wildman–Crippen MR) is 86.3 cm³/mol. The van der Waals surface area contributed by atoms with Crippen molar-refractivity contribution in [1.82, 2.24) is 0 Å². The lowest BCUT2D eigenvalue weighted by Gasteiger charge is -2.11. The lowest BCUT2D eigenvalue weighted by atomic mass is 10.2. The van der Waals surface area contributed by atoms with E-state index in [4.69, 9.17) is 28.3 Å². The van der Waals surface area contributed by atoms with Crippen LogP contribution in [0.3, 0.4) is 0 Å². The highest BCUT2D eigenvalue weighted by atomic mass is 35.5. The van der Waals surface area contributed by atoms with Gasteiger partial charge in [0.2, 0.25) is 10.0 Å². The molecule has 0 aliphatic rings. The summed E-state index contributed by atoms with van der Waals surface area (Å²) in [5.74, 6) is 0. The van der Waals surface area contributed by atoms with Gasteiger partial charge >= 0.3 is 0 Å². The molecule has 0 unspecified atom stereocenters. The predicted octanol–water partition coefficient (Wildman–Crippen LogP) is 3.56. The molecule has 4 nitrogen and oxygen atoms in total. The third-order valence-electron chi connectivity index (χ3n) is 2.99. The average molecular weight is 345 g/mol. The van der Waals surface area contributed by atoms with Gasteiger partial charge in [-0.15, -0.1) is 0 Å². The topological polar surface area (TPSA) is 72.2 Å². The molecule has 0 bridgehead atoms. The normalized spacial score (nSPS) is 11.4. The van der Waals surface area contributed by atoms with Crippen LogP contribution in [-0.4, -0.2) is 8.42 Å². The van der Waals surface area contributed by atoms with Gasteiger partial charge < -0.3 is 5.32 Å². The molecule has 0 aliphatic heterocycles. The number of rotatable bonds is 4. The van der Waals surface area contributed by atoms with E-state index in [1.807, 2.05) is 0 Å². The molecular weight excluding hydrogens is 331 g/mol. The van der Waals surface area contributed by atoms with Crippen molar-refractivity contribution in [1.29, 1.82) is 0 Å². The zero-order valence-electron chi connectivity index (χ0n) is 11.2. The van der Waals surface area contributed by atoms with E-state index in [0.29, 0.717) is 27.8 Å². The van der Waals surface area contributed by atoms with Crippen LogP contribution in [0.15, 0.2) is 41.3 Å². The Hall–Kier alpha value is -1.27. The Morgan fingerprint density at radius 1 is 1.14 bits per heavy atom. The van der Waals surface area contributed by atoms with Crippen molar-refractivity contribution < 1.29 is 8.42 Å². The molecule has 0 fully saturated rings. The highest BCUT2D eigenvalue weighted by Gasteiger charge is 2.12. The molecule has 2 rings (SSSR count). The number of benzene rings is 2. The van der Waals surface area contributed by atoms with Crippen molar-refractivity contribution in [2.24, 2.45) is 5.14 Å². The third-order valence-corrected chi connectivity index (χ3v) is 4.64. The molecule has 2 aromatic carbocycles. The standard InChI is InChI=1S/C14H14Cl2N2O2S/c1-9-2-4-12(7-14(9)21(17,19)20)18-8-10-6-11(15)3-5-13(10)16/h2-7,18H,8H2,1H3,(H2,17,19,20). The maximum absolute atomic E-state index is 11.5. The van der Waals surface area contributed by atoms with Crippen molar-refractivity contribution in [3.63, 3.8) is 0 Å². The fourth-order valence-electron chi connectivity index (χ4n) is 1.89. The fraction of sp³-hybridized carbons (Fsp3) is 0.143. The van der Waals surface area contributed by atoms with Gasteiger partial charge in [-0.05, 0) is 48.4 Å².